The number of nitrogens with zero attached hydrogens (tertiary/aromatic N) is 4. The smallest absolute Gasteiger partial charge is 0.231 e. The SMILES string of the molecule is CC(C)NC[C@@H](C(=O)N1CC2COCC(C1)N2c1ncnc2[nH]ccc12)c1ccc(Cl)cc1. The fraction of sp³-hybridized carbons (Fsp3) is 0.458. The van der Waals surface area contributed by atoms with Crippen molar-refractivity contribution in [2.24, 2.45) is 0 Å². The molecule has 1 aromatic carbocycles. The molecule has 33 heavy (non-hydrogen) atoms. The number of carbonyl (C=O) groups is 1. The number of ether oxygens (including phenoxy) is 1. The second kappa shape index (κ2) is 9.29. The summed E-state index contributed by atoms with van der Waals surface area (Å²) in [6.07, 6.45) is 3.48. The second-order valence-corrected chi connectivity index (χ2v) is 9.54. The standard InChI is InChI=1S/C24H29ClN6O2/c1-15(2)27-9-21(16-3-5-17(25)6-4-16)24(32)30-10-18-12-33-13-19(11-30)31(18)23-20-7-8-26-22(20)28-14-29-23/h3-8,14-15,18-19,21,27H,9-13H2,1-2H3,(H,26,28,29)/t18?,19?,21-/m1/s1. The van der Waals surface area contributed by atoms with Crippen LogP contribution in [0.4, 0.5) is 5.82 Å². The lowest BCUT2D eigenvalue weighted by molar-refractivity contribution is -0.136. The summed E-state index contributed by atoms with van der Waals surface area (Å²) in [6, 6.07) is 9.99. The number of hydrogen-bond acceptors (Lipinski definition) is 6. The van der Waals surface area contributed by atoms with E-state index >= 15 is 0 Å². The topological polar surface area (TPSA) is 86.4 Å². The molecule has 9 heteroatoms. The molecule has 0 spiro atoms. The van der Waals surface area contributed by atoms with E-state index in [0.29, 0.717) is 43.9 Å². The molecule has 8 nitrogen and oxygen atoms in total. The van der Waals surface area contributed by atoms with E-state index in [1.54, 1.807) is 6.33 Å². The van der Waals surface area contributed by atoms with Gasteiger partial charge in [0.1, 0.15) is 17.8 Å². The van der Waals surface area contributed by atoms with Crippen molar-refractivity contribution in [3.8, 4) is 0 Å². The highest BCUT2D eigenvalue weighted by Crippen LogP contribution is 2.32. The minimum atomic E-state index is -0.270. The normalized spacial score (nSPS) is 21.6. The van der Waals surface area contributed by atoms with Gasteiger partial charge in [0.05, 0.1) is 36.6 Å². The van der Waals surface area contributed by atoms with Gasteiger partial charge in [-0.1, -0.05) is 37.6 Å². The van der Waals surface area contributed by atoms with E-state index in [1.807, 2.05) is 41.4 Å². The molecular weight excluding hydrogens is 440 g/mol. The average molecular weight is 469 g/mol. The van der Waals surface area contributed by atoms with E-state index in [2.05, 4.69) is 39.0 Å². The van der Waals surface area contributed by atoms with E-state index < -0.39 is 0 Å². The maximum absolute atomic E-state index is 13.8. The zero-order valence-electron chi connectivity index (χ0n) is 18.9. The lowest BCUT2D eigenvalue weighted by Gasteiger charge is -2.50. The minimum absolute atomic E-state index is 0.0402. The predicted molar refractivity (Wildman–Crippen MR) is 129 cm³/mol. The highest BCUT2D eigenvalue weighted by molar-refractivity contribution is 6.30. The Morgan fingerprint density at radius 3 is 2.61 bits per heavy atom. The molecule has 3 atom stereocenters. The quantitative estimate of drug-likeness (QED) is 0.578. The average Bonchev–Trinajstić information content (AvgIpc) is 3.28. The third-order valence-corrected chi connectivity index (χ3v) is 6.71. The Kier molecular flexibility index (Phi) is 6.23. The van der Waals surface area contributed by atoms with E-state index in [-0.39, 0.29) is 23.9 Å². The second-order valence-electron chi connectivity index (χ2n) is 9.10. The van der Waals surface area contributed by atoms with E-state index in [0.717, 1.165) is 22.4 Å². The van der Waals surface area contributed by atoms with Gasteiger partial charge in [-0.2, -0.15) is 0 Å². The summed E-state index contributed by atoms with van der Waals surface area (Å²) in [4.78, 5) is 30.2. The van der Waals surface area contributed by atoms with Crippen molar-refractivity contribution in [2.75, 3.05) is 37.7 Å². The molecule has 3 aromatic rings. The molecule has 2 saturated heterocycles. The molecule has 0 radical (unpaired) electrons. The van der Waals surface area contributed by atoms with Gasteiger partial charge in [-0.3, -0.25) is 4.79 Å². The lowest BCUT2D eigenvalue weighted by atomic mass is 9.95. The molecule has 5 rings (SSSR count). The molecular formula is C24H29ClN6O2. The van der Waals surface area contributed by atoms with Crippen molar-refractivity contribution >= 4 is 34.4 Å². The zero-order chi connectivity index (χ0) is 22.9. The highest BCUT2D eigenvalue weighted by Gasteiger charge is 2.42. The van der Waals surface area contributed by atoms with Crippen molar-refractivity contribution in [3.05, 3.63) is 53.4 Å². The number of hydrogen-bond donors (Lipinski definition) is 2. The van der Waals surface area contributed by atoms with Crippen LogP contribution in [0.25, 0.3) is 11.0 Å². The number of fused-ring (bicyclic) bond motifs is 3. The van der Waals surface area contributed by atoms with Crippen LogP contribution in [0.2, 0.25) is 5.02 Å². The number of amides is 1. The Morgan fingerprint density at radius 1 is 1.18 bits per heavy atom. The molecule has 4 heterocycles. The molecule has 174 valence electrons. The number of H-pyrrole nitrogens is 1. The van der Waals surface area contributed by atoms with Crippen LogP contribution in [0.3, 0.4) is 0 Å². The van der Waals surface area contributed by atoms with E-state index in [4.69, 9.17) is 16.3 Å². The van der Waals surface area contributed by atoms with Crippen molar-refractivity contribution in [1.82, 2.24) is 25.2 Å². The van der Waals surface area contributed by atoms with Crippen molar-refractivity contribution in [2.45, 2.75) is 37.9 Å². The van der Waals surface area contributed by atoms with Gasteiger partial charge in [-0.15, -0.1) is 0 Å². The summed E-state index contributed by atoms with van der Waals surface area (Å²) in [5.41, 5.74) is 1.80. The number of anilines is 1. The molecule has 2 bridgehead atoms. The fourth-order valence-electron chi connectivity index (χ4n) is 4.87. The van der Waals surface area contributed by atoms with Gasteiger partial charge in [0.15, 0.2) is 0 Å². The lowest BCUT2D eigenvalue weighted by Crippen LogP contribution is -2.66. The number of rotatable bonds is 6. The monoisotopic (exact) mass is 468 g/mol. The molecule has 2 aromatic heterocycles. The number of aromatic amines is 1. The minimum Gasteiger partial charge on any atom is -0.377 e. The Hall–Kier alpha value is -2.68. The number of aromatic nitrogens is 3. The molecule has 0 aliphatic carbocycles. The summed E-state index contributed by atoms with van der Waals surface area (Å²) >= 11 is 6.10. The molecule has 2 unspecified atom stereocenters. The fourth-order valence-corrected chi connectivity index (χ4v) is 5.00. The molecule has 2 aliphatic heterocycles. The van der Waals surface area contributed by atoms with Crippen LogP contribution in [-0.4, -0.2) is 76.7 Å². The largest absolute Gasteiger partial charge is 0.377 e. The Bertz CT molecular complexity index is 1100. The number of piperazine rings is 1. The number of morpholine rings is 1. The van der Waals surface area contributed by atoms with Crippen LogP contribution in [0.1, 0.15) is 25.3 Å². The van der Waals surface area contributed by atoms with Gasteiger partial charge < -0.3 is 24.8 Å². The first-order valence-corrected chi connectivity index (χ1v) is 11.8. The van der Waals surface area contributed by atoms with Gasteiger partial charge in [0, 0.05) is 36.9 Å². The zero-order valence-corrected chi connectivity index (χ0v) is 19.6. The summed E-state index contributed by atoms with van der Waals surface area (Å²) in [6.45, 7) is 7.08. The Balaban J connectivity index is 1.40. The highest BCUT2D eigenvalue weighted by atomic mass is 35.5. The summed E-state index contributed by atoms with van der Waals surface area (Å²) in [7, 11) is 0. The van der Waals surface area contributed by atoms with Crippen LogP contribution in [-0.2, 0) is 9.53 Å². The Morgan fingerprint density at radius 2 is 1.91 bits per heavy atom. The molecule has 1 amide bonds. The maximum Gasteiger partial charge on any atom is 0.231 e. The van der Waals surface area contributed by atoms with Crippen LogP contribution >= 0.6 is 11.6 Å². The van der Waals surface area contributed by atoms with E-state index in [1.165, 1.54) is 0 Å². The van der Waals surface area contributed by atoms with Gasteiger partial charge in [-0.25, -0.2) is 9.97 Å². The third kappa shape index (κ3) is 4.43. The van der Waals surface area contributed by atoms with Crippen molar-refractivity contribution in [3.63, 3.8) is 0 Å². The van der Waals surface area contributed by atoms with Crippen molar-refractivity contribution in [1.29, 1.82) is 0 Å². The summed E-state index contributed by atoms with van der Waals surface area (Å²) < 4.78 is 5.89. The summed E-state index contributed by atoms with van der Waals surface area (Å²) in [5.74, 6) is 0.771. The molecule has 2 N–H and O–H groups in total. The first-order valence-electron chi connectivity index (χ1n) is 11.4. The molecule has 2 fully saturated rings. The predicted octanol–water partition coefficient (Wildman–Crippen LogP) is 2.81. The van der Waals surface area contributed by atoms with E-state index in [9.17, 15) is 4.79 Å². The number of benzene rings is 1. The van der Waals surface area contributed by atoms with Crippen LogP contribution < -0.4 is 10.2 Å². The van der Waals surface area contributed by atoms with Crippen LogP contribution in [0, 0.1) is 0 Å². The Labute approximate surface area is 198 Å². The number of carbonyl (C=O) groups excluding carboxylic acids is 1. The molecule has 2 aliphatic rings. The third-order valence-electron chi connectivity index (χ3n) is 6.46. The number of halogens is 1. The van der Waals surface area contributed by atoms with Crippen LogP contribution in [0.15, 0.2) is 42.9 Å². The molecule has 0 saturated carbocycles. The van der Waals surface area contributed by atoms with Gasteiger partial charge >= 0.3 is 0 Å². The van der Waals surface area contributed by atoms with Gasteiger partial charge in [-0.05, 0) is 23.8 Å². The first kappa shape index (κ1) is 22.1. The maximum atomic E-state index is 13.8. The van der Waals surface area contributed by atoms with Gasteiger partial charge in [0.25, 0.3) is 0 Å². The van der Waals surface area contributed by atoms with Crippen molar-refractivity contribution < 1.29 is 9.53 Å². The number of nitrogens with one attached hydrogen (secondary N) is 2. The van der Waals surface area contributed by atoms with Gasteiger partial charge in [0.2, 0.25) is 5.91 Å². The first-order chi connectivity index (χ1) is 16.0. The van der Waals surface area contributed by atoms with Crippen LogP contribution in [0.5, 0.6) is 0 Å². The summed E-state index contributed by atoms with van der Waals surface area (Å²) in [5, 5.41) is 5.11.